The number of benzene rings is 1. The molecule has 1 aliphatic rings. The van der Waals surface area contributed by atoms with Gasteiger partial charge >= 0.3 is 0 Å². The van der Waals surface area contributed by atoms with Gasteiger partial charge in [-0.1, -0.05) is 6.07 Å². The molecule has 2 heterocycles. The van der Waals surface area contributed by atoms with E-state index in [1.807, 2.05) is 0 Å². The first-order valence-electron chi connectivity index (χ1n) is 7.43. The highest BCUT2D eigenvalue weighted by atomic mass is 19.1. The minimum Gasteiger partial charge on any atom is -0.488 e. The van der Waals surface area contributed by atoms with Crippen LogP contribution >= 0.6 is 0 Å². The lowest BCUT2D eigenvalue weighted by Gasteiger charge is -2.32. The molecule has 1 amide bonds. The van der Waals surface area contributed by atoms with Crippen molar-refractivity contribution in [3.05, 3.63) is 60.2 Å². The van der Waals surface area contributed by atoms with Crippen LogP contribution in [0.4, 0.5) is 4.39 Å². The summed E-state index contributed by atoms with van der Waals surface area (Å²) in [6.07, 6.45) is 3.48. The summed E-state index contributed by atoms with van der Waals surface area (Å²) in [5.74, 6) is -0.122. The van der Waals surface area contributed by atoms with Crippen molar-refractivity contribution >= 4 is 5.91 Å². The number of nitrogens with one attached hydrogen (secondary N) is 1. The number of hydrogen-bond donors (Lipinski definition) is 1. The van der Waals surface area contributed by atoms with Crippen molar-refractivity contribution < 1.29 is 18.7 Å². The number of carbonyl (C=O) groups excluding carboxylic acids is 1. The van der Waals surface area contributed by atoms with Gasteiger partial charge in [-0.15, -0.1) is 0 Å². The van der Waals surface area contributed by atoms with Gasteiger partial charge in [0, 0.05) is 30.4 Å². The first-order chi connectivity index (χ1) is 11.2. The second-order valence-electron chi connectivity index (χ2n) is 5.29. The van der Waals surface area contributed by atoms with E-state index in [2.05, 4.69) is 10.3 Å². The molecule has 1 saturated heterocycles. The number of aromatic nitrogens is 1. The number of nitrogens with zero attached hydrogens (tertiary/aromatic N) is 1. The minimum absolute atomic E-state index is 0.212. The largest absolute Gasteiger partial charge is 0.488 e. The van der Waals surface area contributed by atoms with Gasteiger partial charge in [-0.3, -0.25) is 9.78 Å². The Hall–Kier alpha value is -2.47. The molecule has 0 saturated carbocycles. The SMILES string of the molecule is O=C(N[C@@H]1COCC[C@@H]1Oc1cccc(F)c1)c1ccncc1. The van der Waals surface area contributed by atoms with Crippen molar-refractivity contribution in [2.45, 2.75) is 18.6 Å². The highest BCUT2D eigenvalue weighted by Crippen LogP contribution is 2.19. The van der Waals surface area contributed by atoms with Gasteiger partial charge in [-0.05, 0) is 24.3 Å². The molecule has 3 rings (SSSR count). The average molecular weight is 316 g/mol. The maximum absolute atomic E-state index is 13.3. The molecule has 1 fully saturated rings. The molecule has 120 valence electrons. The molecule has 5 nitrogen and oxygen atoms in total. The van der Waals surface area contributed by atoms with Gasteiger partial charge in [0.15, 0.2) is 0 Å². The van der Waals surface area contributed by atoms with Crippen molar-refractivity contribution in [3.8, 4) is 5.75 Å². The van der Waals surface area contributed by atoms with Gasteiger partial charge in [0.25, 0.3) is 5.91 Å². The molecular formula is C17H17FN2O3. The first-order valence-corrected chi connectivity index (χ1v) is 7.43. The van der Waals surface area contributed by atoms with Crippen LogP contribution in [0.5, 0.6) is 5.75 Å². The van der Waals surface area contributed by atoms with E-state index in [9.17, 15) is 9.18 Å². The van der Waals surface area contributed by atoms with Crippen LogP contribution in [0.2, 0.25) is 0 Å². The maximum atomic E-state index is 13.3. The monoisotopic (exact) mass is 316 g/mol. The fourth-order valence-electron chi connectivity index (χ4n) is 2.46. The third kappa shape index (κ3) is 4.04. The van der Waals surface area contributed by atoms with E-state index in [0.717, 1.165) is 0 Å². The van der Waals surface area contributed by atoms with Crippen molar-refractivity contribution in [1.82, 2.24) is 10.3 Å². The molecule has 1 N–H and O–H groups in total. The van der Waals surface area contributed by atoms with Crippen LogP contribution in [-0.2, 0) is 4.74 Å². The zero-order valence-electron chi connectivity index (χ0n) is 12.4. The second kappa shape index (κ2) is 7.19. The van der Waals surface area contributed by atoms with Crippen molar-refractivity contribution in [3.63, 3.8) is 0 Å². The molecule has 6 heteroatoms. The fourth-order valence-corrected chi connectivity index (χ4v) is 2.46. The number of halogens is 1. The summed E-state index contributed by atoms with van der Waals surface area (Å²) in [5.41, 5.74) is 0.523. The number of hydrogen-bond acceptors (Lipinski definition) is 4. The topological polar surface area (TPSA) is 60.5 Å². The van der Waals surface area contributed by atoms with E-state index < -0.39 is 0 Å². The molecular weight excluding hydrogens is 299 g/mol. The van der Waals surface area contributed by atoms with Crippen LogP contribution in [0.15, 0.2) is 48.8 Å². The van der Waals surface area contributed by atoms with E-state index >= 15 is 0 Å². The molecule has 0 unspecified atom stereocenters. The van der Waals surface area contributed by atoms with Crippen molar-refractivity contribution in [1.29, 1.82) is 0 Å². The molecule has 1 aromatic heterocycles. The molecule has 1 aliphatic heterocycles. The lowest BCUT2D eigenvalue weighted by molar-refractivity contribution is -0.00297. The summed E-state index contributed by atoms with van der Waals surface area (Å²) in [5, 5.41) is 2.91. The lowest BCUT2D eigenvalue weighted by atomic mass is 10.1. The Balaban J connectivity index is 1.68. The van der Waals surface area contributed by atoms with Gasteiger partial charge < -0.3 is 14.8 Å². The van der Waals surface area contributed by atoms with E-state index in [1.54, 1.807) is 36.7 Å². The standard InChI is InChI=1S/C17H17FN2O3/c18-13-2-1-3-14(10-13)23-16-6-9-22-11-15(16)20-17(21)12-4-7-19-8-5-12/h1-5,7-8,10,15-16H,6,9,11H2,(H,20,21)/t15-,16+/m1/s1. The zero-order chi connectivity index (χ0) is 16.1. The van der Waals surface area contributed by atoms with Gasteiger partial charge in [-0.2, -0.15) is 0 Å². The predicted octanol–water partition coefficient (Wildman–Crippen LogP) is 2.19. The van der Waals surface area contributed by atoms with Crippen LogP contribution < -0.4 is 10.1 Å². The summed E-state index contributed by atoms with van der Waals surface area (Å²) < 4.78 is 24.5. The molecule has 0 radical (unpaired) electrons. The summed E-state index contributed by atoms with van der Waals surface area (Å²) >= 11 is 0. The summed E-state index contributed by atoms with van der Waals surface area (Å²) in [7, 11) is 0. The molecule has 0 bridgehead atoms. The molecule has 0 spiro atoms. The Kier molecular flexibility index (Phi) is 4.83. The van der Waals surface area contributed by atoms with Crippen molar-refractivity contribution in [2.75, 3.05) is 13.2 Å². The Bertz CT molecular complexity index is 666. The first kappa shape index (κ1) is 15.4. The number of carbonyl (C=O) groups is 1. The quantitative estimate of drug-likeness (QED) is 0.939. The Morgan fingerprint density at radius 1 is 1.30 bits per heavy atom. The summed E-state index contributed by atoms with van der Waals surface area (Å²) in [4.78, 5) is 16.1. The molecule has 2 atom stereocenters. The van der Waals surface area contributed by atoms with Crippen LogP contribution in [-0.4, -0.2) is 36.3 Å². The van der Waals surface area contributed by atoms with Gasteiger partial charge in [0.05, 0.1) is 19.3 Å². The Labute approximate surface area is 133 Å². The fraction of sp³-hybridized carbons (Fsp3) is 0.294. The van der Waals surface area contributed by atoms with Crippen molar-refractivity contribution in [2.24, 2.45) is 0 Å². The van der Waals surface area contributed by atoms with Crippen LogP contribution in [0.1, 0.15) is 16.8 Å². The van der Waals surface area contributed by atoms with E-state index in [-0.39, 0.29) is 23.9 Å². The van der Waals surface area contributed by atoms with Gasteiger partial charge in [0.2, 0.25) is 0 Å². The number of amides is 1. The van der Waals surface area contributed by atoms with Crippen LogP contribution in [0.25, 0.3) is 0 Å². The number of pyridine rings is 1. The van der Waals surface area contributed by atoms with Gasteiger partial charge in [0.1, 0.15) is 17.7 Å². The maximum Gasteiger partial charge on any atom is 0.251 e. The van der Waals surface area contributed by atoms with E-state index in [1.165, 1.54) is 12.1 Å². The zero-order valence-corrected chi connectivity index (χ0v) is 12.4. The van der Waals surface area contributed by atoms with Gasteiger partial charge in [-0.25, -0.2) is 4.39 Å². The highest BCUT2D eigenvalue weighted by molar-refractivity contribution is 5.94. The normalized spacial score (nSPS) is 20.7. The number of rotatable bonds is 4. The highest BCUT2D eigenvalue weighted by Gasteiger charge is 2.29. The third-order valence-corrected chi connectivity index (χ3v) is 3.64. The minimum atomic E-state index is -0.355. The Morgan fingerprint density at radius 3 is 2.91 bits per heavy atom. The molecule has 2 aromatic rings. The van der Waals surface area contributed by atoms with Crippen LogP contribution in [0.3, 0.4) is 0 Å². The molecule has 0 aliphatic carbocycles. The summed E-state index contributed by atoms with van der Waals surface area (Å²) in [6.45, 7) is 0.901. The smallest absolute Gasteiger partial charge is 0.251 e. The van der Waals surface area contributed by atoms with E-state index in [0.29, 0.717) is 30.9 Å². The predicted molar refractivity (Wildman–Crippen MR) is 81.7 cm³/mol. The molecule has 23 heavy (non-hydrogen) atoms. The third-order valence-electron chi connectivity index (χ3n) is 3.64. The van der Waals surface area contributed by atoms with Crippen LogP contribution in [0, 0.1) is 5.82 Å². The second-order valence-corrected chi connectivity index (χ2v) is 5.29. The molecule has 1 aromatic carbocycles. The summed E-state index contributed by atoms with van der Waals surface area (Å²) in [6, 6.07) is 8.96. The van der Waals surface area contributed by atoms with E-state index in [4.69, 9.17) is 9.47 Å². The number of ether oxygens (including phenoxy) is 2. The lowest BCUT2D eigenvalue weighted by Crippen LogP contribution is -2.51. The average Bonchev–Trinajstić information content (AvgIpc) is 2.57. The Morgan fingerprint density at radius 2 is 2.13 bits per heavy atom.